The molecule has 0 aromatic carbocycles. The number of aliphatic hydroxyl groups is 1. The minimum Gasteiger partial charge on any atom is -0.388 e. The quantitative estimate of drug-likeness (QED) is 0.910. The Balaban J connectivity index is 1.76. The molecule has 1 saturated carbocycles. The summed E-state index contributed by atoms with van der Waals surface area (Å²) in [6, 6.07) is 0. The second-order valence-corrected chi connectivity index (χ2v) is 6.75. The van der Waals surface area contributed by atoms with E-state index in [0.717, 1.165) is 44.4 Å². The van der Waals surface area contributed by atoms with E-state index in [1.165, 1.54) is 0 Å². The summed E-state index contributed by atoms with van der Waals surface area (Å²) in [6.45, 7) is 1.75. The number of carbonyl (C=O) groups is 1. The van der Waals surface area contributed by atoms with Crippen molar-refractivity contribution < 1.29 is 14.6 Å². The molecule has 1 aromatic rings. The molecule has 2 heterocycles. The lowest BCUT2D eigenvalue weighted by molar-refractivity contribution is 0.0156. The number of aromatic nitrogens is 2. The summed E-state index contributed by atoms with van der Waals surface area (Å²) in [5, 5.41) is 15.0. The van der Waals surface area contributed by atoms with E-state index in [1.807, 2.05) is 7.05 Å². The molecule has 1 N–H and O–H groups in total. The predicted octanol–water partition coefficient (Wildman–Crippen LogP) is 1.30. The van der Waals surface area contributed by atoms with Gasteiger partial charge in [0.15, 0.2) is 0 Å². The first-order chi connectivity index (χ1) is 10.5. The smallest absolute Gasteiger partial charge is 0.257 e. The molecule has 2 aliphatic rings. The molecule has 1 aliphatic carbocycles. The topological polar surface area (TPSA) is 67.6 Å². The van der Waals surface area contributed by atoms with Crippen LogP contribution in [0.1, 0.15) is 54.1 Å². The molecule has 0 spiro atoms. The third kappa shape index (κ3) is 3.03. The summed E-state index contributed by atoms with van der Waals surface area (Å²) in [7, 11) is 3.60. The van der Waals surface area contributed by atoms with Crippen molar-refractivity contribution in [2.24, 2.45) is 7.05 Å². The molecule has 6 nitrogen and oxygen atoms in total. The van der Waals surface area contributed by atoms with Crippen LogP contribution < -0.4 is 0 Å². The highest BCUT2D eigenvalue weighted by atomic mass is 16.5. The van der Waals surface area contributed by atoms with Crippen molar-refractivity contribution in [1.82, 2.24) is 14.7 Å². The monoisotopic (exact) mass is 307 g/mol. The molecule has 2 fully saturated rings. The fraction of sp³-hybridized carbons (Fsp3) is 0.750. The van der Waals surface area contributed by atoms with Gasteiger partial charge in [0.1, 0.15) is 0 Å². The van der Waals surface area contributed by atoms with Crippen molar-refractivity contribution in [3.05, 3.63) is 17.5 Å². The molecule has 22 heavy (non-hydrogen) atoms. The van der Waals surface area contributed by atoms with Crippen molar-refractivity contribution in [1.29, 1.82) is 0 Å². The zero-order valence-electron chi connectivity index (χ0n) is 13.4. The van der Waals surface area contributed by atoms with E-state index in [9.17, 15) is 9.90 Å². The Labute approximate surface area is 131 Å². The molecular formula is C16H25N3O3. The van der Waals surface area contributed by atoms with E-state index in [1.54, 1.807) is 22.8 Å². The standard InChI is InChI=1S/C16H25N3O3/c1-18(11-16(21)6-3-4-7-16)15(20)13-9-19(2)17-14(13)12-5-8-22-10-12/h9,12,21H,3-8,10-11H2,1-2H3. The van der Waals surface area contributed by atoms with Crippen LogP contribution in [0.25, 0.3) is 0 Å². The molecule has 6 heteroatoms. The minimum absolute atomic E-state index is 0.0599. The Hall–Kier alpha value is -1.40. The van der Waals surface area contributed by atoms with Gasteiger partial charge in [-0.2, -0.15) is 5.10 Å². The number of hydrogen-bond donors (Lipinski definition) is 1. The lowest BCUT2D eigenvalue weighted by Crippen LogP contribution is -2.42. The lowest BCUT2D eigenvalue weighted by atomic mass is 9.99. The third-order valence-electron chi connectivity index (χ3n) is 4.82. The van der Waals surface area contributed by atoms with Gasteiger partial charge in [-0.1, -0.05) is 12.8 Å². The van der Waals surface area contributed by atoms with Crippen LogP contribution in [0, 0.1) is 0 Å². The molecule has 3 rings (SSSR count). The van der Waals surface area contributed by atoms with Crippen LogP contribution in [0.15, 0.2) is 6.20 Å². The van der Waals surface area contributed by atoms with Crippen LogP contribution in [0.2, 0.25) is 0 Å². The van der Waals surface area contributed by atoms with Crippen molar-refractivity contribution in [3.63, 3.8) is 0 Å². The van der Waals surface area contributed by atoms with Gasteiger partial charge in [-0.25, -0.2) is 0 Å². The van der Waals surface area contributed by atoms with Gasteiger partial charge in [0.05, 0.1) is 23.5 Å². The highest BCUT2D eigenvalue weighted by Crippen LogP contribution is 2.31. The van der Waals surface area contributed by atoms with E-state index in [4.69, 9.17) is 4.74 Å². The number of nitrogens with zero attached hydrogens (tertiary/aromatic N) is 3. The van der Waals surface area contributed by atoms with E-state index in [-0.39, 0.29) is 11.8 Å². The van der Waals surface area contributed by atoms with E-state index >= 15 is 0 Å². The number of carbonyl (C=O) groups excluding carboxylic acids is 1. The highest BCUT2D eigenvalue weighted by Gasteiger charge is 2.35. The average Bonchev–Trinajstić information content (AvgIpc) is 3.18. The molecule has 0 bridgehead atoms. The van der Waals surface area contributed by atoms with Gasteiger partial charge in [0.2, 0.25) is 0 Å². The SMILES string of the molecule is CN(CC1(O)CCCC1)C(=O)c1cn(C)nc1C1CCOC1. The van der Waals surface area contributed by atoms with Gasteiger partial charge in [0, 0.05) is 39.4 Å². The van der Waals surface area contributed by atoms with Crippen molar-refractivity contribution in [2.75, 3.05) is 26.8 Å². The third-order valence-corrected chi connectivity index (χ3v) is 4.82. The summed E-state index contributed by atoms with van der Waals surface area (Å²) < 4.78 is 7.12. The number of rotatable bonds is 4. The normalized spacial score (nSPS) is 23.9. The zero-order valence-corrected chi connectivity index (χ0v) is 13.4. The fourth-order valence-corrected chi connectivity index (χ4v) is 3.63. The largest absolute Gasteiger partial charge is 0.388 e. The summed E-state index contributed by atoms with van der Waals surface area (Å²) in [4.78, 5) is 14.4. The van der Waals surface area contributed by atoms with Gasteiger partial charge < -0.3 is 14.7 Å². The van der Waals surface area contributed by atoms with Crippen LogP contribution in [-0.4, -0.2) is 58.1 Å². The lowest BCUT2D eigenvalue weighted by Gasteiger charge is -2.28. The second-order valence-electron chi connectivity index (χ2n) is 6.75. The van der Waals surface area contributed by atoms with Gasteiger partial charge in [0.25, 0.3) is 5.91 Å². The first kappa shape index (κ1) is 15.5. The second kappa shape index (κ2) is 6.01. The number of hydrogen-bond acceptors (Lipinski definition) is 4. The van der Waals surface area contributed by atoms with E-state index in [2.05, 4.69) is 5.10 Å². The van der Waals surface area contributed by atoms with Crippen LogP contribution >= 0.6 is 0 Å². The van der Waals surface area contributed by atoms with E-state index in [0.29, 0.717) is 18.7 Å². The Morgan fingerprint density at radius 2 is 2.27 bits per heavy atom. The van der Waals surface area contributed by atoms with Crippen LogP contribution in [0.5, 0.6) is 0 Å². The Bertz CT molecular complexity index is 543. The number of likely N-dealkylation sites (N-methyl/N-ethyl adjacent to an activating group) is 1. The Kier molecular flexibility index (Phi) is 4.23. The first-order valence-corrected chi connectivity index (χ1v) is 8.08. The van der Waals surface area contributed by atoms with Crippen LogP contribution in [0.3, 0.4) is 0 Å². The molecule has 122 valence electrons. The minimum atomic E-state index is -0.719. The molecule has 1 atom stereocenters. The van der Waals surface area contributed by atoms with Crippen molar-refractivity contribution in [2.45, 2.75) is 43.6 Å². The maximum absolute atomic E-state index is 12.8. The van der Waals surface area contributed by atoms with Crippen LogP contribution in [0.4, 0.5) is 0 Å². The number of ether oxygens (including phenoxy) is 1. The molecule has 1 unspecified atom stereocenters. The van der Waals surface area contributed by atoms with Crippen molar-refractivity contribution in [3.8, 4) is 0 Å². The molecule has 1 saturated heterocycles. The van der Waals surface area contributed by atoms with Crippen molar-refractivity contribution >= 4 is 5.91 Å². The summed E-state index contributed by atoms with van der Waals surface area (Å²) in [5.74, 6) is 0.137. The molecule has 1 aliphatic heterocycles. The van der Waals surface area contributed by atoms with Gasteiger partial charge >= 0.3 is 0 Å². The Morgan fingerprint density at radius 1 is 1.55 bits per heavy atom. The number of aryl methyl sites for hydroxylation is 1. The highest BCUT2D eigenvalue weighted by molar-refractivity contribution is 5.95. The van der Waals surface area contributed by atoms with E-state index < -0.39 is 5.60 Å². The van der Waals surface area contributed by atoms with Gasteiger partial charge in [-0.15, -0.1) is 0 Å². The van der Waals surface area contributed by atoms with Gasteiger partial charge in [-0.05, 0) is 19.3 Å². The summed E-state index contributed by atoms with van der Waals surface area (Å²) in [5.41, 5.74) is 0.751. The molecule has 0 radical (unpaired) electrons. The van der Waals surface area contributed by atoms with Gasteiger partial charge in [-0.3, -0.25) is 9.48 Å². The number of amides is 1. The predicted molar refractivity (Wildman–Crippen MR) is 81.8 cm³/mol. The summed E-state index contributed by atoms with van der Waals surface area (Å²) in [6.07, 6.45) is 6.32. The molecule has 1 aromatic heterocycles. The molecule has 1 amide bonds. The maximum atomic E-state index is 12.8. The molecular weight excluding hydrogens is 282 g/mol. The average molecular weight is 307 g/mol. The van der Waals surface area contributed by atoms with Crippen LogP contribution in [-0.2, 0) is 11.8 Å². The fourth-order valence-electron chi connectivity index (χ4n) is 3.63. The Morgan fingerprint density at radius 3 is 2.91 bits per heavy atom. The zero-order chi connectivity index (χ0) is 15.7. The summed E-state index contributed by atoms with van der Waals surface area (Å²) >= 11 is 0. The first-order valence-electron chi connectivity index (χ1n) is 8.08. The maximum Gasteiger partial charge on any atom is 0.257 e.